The van der Waals surface area contributed by atoms with Crippen molar-refractivity contribution in [3.05, 3.63) is 11.1 Å². The summed E-state index contributed by atoms with van der Waals surface area (Å²) < 4.78 is 0.940. The first-order valence-electron chi connectivity index (χ1n) is 5.30. The Hall–Kier alpha value is -0.590. The molecule has 1 aromatic heterocycles. The molecule has 16 heavy (non-hydrogen) atoms. The number of amides is 1. The molecule has 88 valence electrons. The fraction of sp³-hybridized carbons (Fsp3) is 0.600. The number of carbonyl (C=O) groups excluding carboxylic acids is 1. The van der Waals surface area contributed by atoms with E-state index in [9.17, 15) is 4.79 Å². The molecule has 4 nitrogen and oxygen atoms in total. The molecule has 0 saturated carbocycles. The van der Waals surface area contributed by atoms with Crippen molar-refractivity contribution in [1.29, 1.82) is 0 Å². The maximum atomic E-state index is 11.8. The van der Waals surface area contributed by atoms with Crippen LogP contribution >= 0.6 is 23.1 Å². The SMILES string of the molecule is CSc1nc(C(=O)NC2CCNCC2)cs1. The summed E-state index contributed by atoms with van der Waals surface area (Å²) in [6.45, 7) is 1.97. The van der Waals surface area contributed by atoms with Crippen molar-refractivity contribution in [1.82, 2.24) is 15.6 Å². The molecule has 0 aromatic carbocycles. The quantitative estimate of drug-likeness (QED) is 0.803. The van der Waals surface area contributed by atoms with Gasteiger partial charge in [-0.15, -0.1) is 11.3 Å². The van der Waals surface area contributed by atoms with Crippen molar-refractivity contribution >= 4 is 29.0 Å². The first kappa shape index (κ1) is 11.9. The zero-order valence-corrected chi connectivity index (χ0v) is 10.8. The van der Waals surface area contributed by atoms with E-state index in [1.165, 1.54) is 11.3 Å². The number of hydrogen-bond donors (Lipinski definition) is 2. The minimum atomic E-state index is -0.0385. The number of aromatic nitrogens is 1. The maximum absolute atomic E-state index is 11.8. The number of nitrogens with one attached hydrogen (secondary N) is 2. The van der Waals surface area contributed by atoms with Gasteiger partial charge in [-0.25, -0.2) is 4.98 Å². The Morgan fingerprint density at radius 1 is 1.62 bits per heavy atom. The van der Waals surface area contributed by atoms with Crippen LogP contribution in [0.5, 0.6) is 0 Å². The molecule has 1 aliphatic rings. The van der Waals surface area contributed by atoms with Crippen molar-refractivity contribution in [2.24, 2.45) is 0 Å². The highest BCUT2D eigenvalue weighted by atomic mass is 32.2. The van der Waals surface area contributed by atoms with Crippen LogP contribution in [0.4, 0.5) is 0 Å². The average molecular weight is 257 g/mol. The van der Waals surface area contributed by atoms with Crippen molar-refractivity contribution in [3.8, 4) is 0 Å². The largest absolute Gasteiger partial charge is 0.348 e. The predicted molar refractivity (Wildman–Crippen MR) is 67.3 cm³/mol. The summed E-state index contributed by atoms with van der Waals surface area (Å²) >= 11 is 3.09. The van der Waals surface area contributed by atoms with Gasteiger partial charge in [0.25, 0.3) is 5.91 Å². The summed E-state index contributed by atoms with van der Waals surface area (Å²) in [7, 11) is 0. The minimum Gasteiger partial charge on any atom is -0.348 e. The van der Waals surface area contributed by atoms with Crippen LogP contribution < -0.4 is 10.6 Å². The second kappa shape index (κ2) is 5.65. The zero-order valence-electron chi connectivity index (χ0n) is 9.16. The van der Waals surface area contributed by atoms with Crippen LogP contribution in [0, 0.1) is 0 Å². The normalized spacial score (nSPS) is 17.3. The van der Waals surface area contributed by atoms with E-state index in [4.69, 9.17) is 0 Å². The van der Waals surface area contributed by atoms with Gasteiger partial charge in [0.2, 0.25) is 0 Å². The molecule has 1 aliphatic heterocycles. The van der Waals surface area contributed by atoms with E-state index >= 15 is 0 Å². The molecule has 1 amide bonds. The molecule has 0 radical (unpaired) electrons. The number of thiazole rings is 1. The lowest BCUT2D eigenvalue weighted by atomic mass is 10.1. The molecule has 1 saturated heterocycles. The highest BCUT2D eigenvalue weighted by Gasteiger charge is 2.17. The zero-order chi connectivity index (χ0) is 11.4. The lowest BCUT2D eigenvalue weighted by Crippen LogP contribution is -2.42. The van der Waals surface area contributed by atoms with E-state index < -0.39 is 0 Å². The predicted octanol–water partition coefficient (Wildman–Crippen LogP) is 1.35. The monoisotopic (exact) mass is 257 g/mol. The summed E-state index contributed by atoms with van der Waals surface area (Å²) in [5, 5.41) is 8.12. The third-order valence-corrected chi connectivity index (χ3v) is 4.43. The third kappa shape index (κ3) is 2.96. The Morgan fingerprint density at radius 2 is 2.38 bits per heavy atom. The third-order valence-electron chi connectivity index (χ3n) is 2.56. The fourth-order valence-corrected chi connectivity index (χ4v) is 2.92. The molecule has 2 rings (SSSR count). The Labute approximate surface area is 103 Å². The lowest BCUT2D eigenvalue weighted by molar-refractivity contribution is 0.0925. The smallest absolute Gasteiger partial charge is 0.271 e. The van der Waals surface area contributed by atoms with Gasteiger partial charge in [0.15, 0.2) is 0 Å². The maximum Gasteiger partial charge on any atom is 0.271 e. The number of rotatable bonds is 3. The first-order chi connectivity index (χ1) is 7.79. The van der Waals surface area contributed by atoms with Crippen LogP contribution in [0.15, 0.2) is 9.72 Å². The average Bonchev–Trinajstić information content (AvgIpc) is 2.79. The highest BCUT2D eigenvalue weighted by molar-refractivity contribution is 8.00. The number of piperidine rings is 1. The van der Waals surface area contributed by atoms with Gasteiger partial charge in [-0.1, -0.05) is 11.8 Å². The van der Waals surface area contributed by atoms with E-state index in [1.807, 2.05) is 11.6 Å². The Balaban J connectivity index is 1.91. The standard InChI is InChI=1S/C10H15N3OS2/c1-15-10-13-8(6-16-10)9(14)12-7-2-4-11-5-3-7/h6-7,11H,2-5H2,1H3,(H,12,14). The van der Waals surface area contributed by atoms with Gasteiger partial charge in [-0.2, -0.15) is 0 Å². The Kier molecular flexibility index (Phi) is 4.20. The molecule has 1 aromatic rings. The topological polar surface area (TPSA) is 54.0 Å². The van der Waals surface area contributed by atoms with Crippen LogP contribution in [-0.2, 0) is 0 Å². The van der Waals surface area contributed by atoms with Crippen LogP contribution in [0.2, 0.25) is 0 Å². The molecule has 0 unspecified atom stereocenters. The molecule has 0 atom stereocenters. The van der Waals surface area contributed by atoms with Gasteiger partial charge in [-0.3, -0.25) is 4.79 Å². The van der Waals surface area contributed by atoms with E-state index in [0.717, 1.165) is 30.3 Å². The molecule has 1 fully saturated rings. The highest BCUT2D eigenvalue weighted by Crippen LogP contribution is 2.19. The minimum absolute atomic E-state index is 0.0385. The summed E-state index contributed by atoms with van der Waals surface area (Å²) in [5.41, 5.74) is 0.549. The van der Waals surface area contributed by atoms with Gasteiger partial charge in [0.1, 0.15) is 10.0 Å². The molecular formula is C10H15N3OS2. The fourth-order valence-electron chi connectivity index (χ4n) is 1.68. The first-order valence-corrected chi connectivity index (χ1v) is 7.41. The summed E-state index contributed by atoms with van der Waals surface area (Å²) in [6, 6.07) is 0.299. The van der Waals surface area contributed by atoms with Gasteiger partial charge in [0.05, 0.1) is 0 Å². The van der Waals surface area contributed by atoms with Gasteiger partial charge >= 0.3 is 0 Å². The van der Waals surface area contributed by atoms with Gasteiger partial charge < -0.3 is 10.6 Å². The van der Waals surface area contributed by atoms with E-state index in [0.29, 0.717) is 11.7 Å². The molecule has 0 bridgehead atoms. The molecule has 0 aliphatic carbocycles. The summed E-state index contributed by atoms with van der Waals surface area (Å²) in [4.78, 5) is 16.1. The lowest BCUT2D eigenvalue weighted by Gasteiger charge is -2.23. The van der Waals surface area contributed by atoms with Crippen molar-refractivity contribution in [2.75, 3.05) is 19.3 Å². The summed E-state index contributed by atoms with van der Waals surface area (Å²) in [6.07, 6.45) is 3.98. The van der Waals surface area contributed by atoms with E-state index in [-0.39, 0.29) is 5.91 Å². The van der Waals surface area contributed by atoms with E-state index in [1.54, 1.807) is 11.8 Å². The summed E-state index contributed by atoms with van der Waals surface area (Å²) in [5.74, 6) is -0.0385. The molecule has 2 heterocycles. The Bertz CT molecular complexity index is 361. The molecule has 6 heteroatoms. The second-order valence-corrected chi connectivity index (χ2v) is 5.61. The van der Waals surface area contributed by atoms with Gasteiger partial charge in [0, 0.05) is 11.4 Å². The number of thioether (sulfide) groups is 1. The number of hydrogen-bond acceptors (Lipinski definition) is 5. The van der Waals surface area contributed by atoms with Gasteiger partial charge in [-0.05, 0) is 32.2 Å². The van der Waals surface area contributed by atoms with Crippen molar-refractivity contribution in [3.63, 3.8) is 0 Å². The second-order valence-electron chi connectivity index (χ2n) is 3.70. The Morgan fingerprint density at radius 3 is 3.00 bits per heavy atom. The van der Waals surface area contributed by atoms with Crippen molar-refractivity contribution < 1.29 is 4.79 Å². The van der Waals surface area contributed by atoms with Crippen LogP contribution in [0.25, 0.3) is 0 Å². The molecular weight excluding hydrogens is 242 g/mol. The van der Waals surface area contributed by atoms with Crippen LogP contribution in [-0.4, -0.2) is 36.3 Å². The molecule has 0 spiro atoms. The van der Waals surface area contributed by atoms with Crippen LogP contribution in [0.3, 0.4) is 0 Å². The number of nitrogens with zero attached hydrogens (tertiary/aromatic N) is 1. The molecule has 2 N–H and O–H groups in total. The van der Waals surface area contributed by atoms with E-state index in [2.05, 4.69) is 15.6 Å². The van der Waals surface area contributed by atoms with Crippen LogP contribution in [0.1, 0.15) is 23.3 Å². The van der Waals surface area contributed by atoms with Crippen molar-refractivity contribution in [2.45, 2.75) is 23.2 Å². The number of carbonyl (C=O) groups is 1.